The van der Waals surface area contributed by atoms with E-state index in [0.717, 1.165) is 22.9 Å². The lowest BCUT2D eigenvalue weighted by molar-refractivity contribution is -0.0413. The van der Waals surface area contributed by atoms with E-state index < -0.39 is 30.5 Å². The number of rotatable bonds is 7. The normalized spacial score (nSPS) is 32.0. The van der Waals surface area contributed by atoms with Gasteiger partial charge in [0.1, 0.15) is 30.5 Å². The minimum atomic E-state index is -1.49. The molecule has 2 saturated carbocycles. The molecule has 3 aromatic rings. The zero-order valence-electron chi connectivity index (χ0n) is 17.0. The van der Waals surface area contributed by atoms with Crippen LogP contribution in [0.3, 0.4) is 0 Å². The summed E-state index contributed by atoms with van der Waals surface area (Å²) >= 11 is 9.12. The molecule has 0 aliphatic heterocycles. The maximum Gasteiger partial charge on any atom is 0.191 e. The first-order valence-electron chi connectivity index (χ1n) is 10.4. The number of hydrogen-bond acceptors (Lipinski definition) is 11. The van der Waals surface area contributed by atoms with Crippen LogP contribution in [0.15, 0.2) is 17.3 Å². The summed E-state index contributed by atoms with van der Waals surface area (Å²) in [6, 6.07) is 3.01. The van der Waals surface area contributed by atoms with E-state index in [1.807, 2.05) is 12.1 Å². The molecule has 5 N–H and O–H groups in total. The summed E-state index contributed by atoms with van der Waals surface area (Å²) in [6.45, 7) is 2.06. The summed E-state index contributed by atoms with van der Waals surface area (Å²) in [5.74, 6) is 1.68. The van der Waals surface area contributed by atoms with Gasteiger partial charge in [0.25, 0.3) is 0 Å². The van der Waals surface area contributed by atoms with E-state index in [0.29, 0.717) is 28.1 Å². The number of hydrogen-bond donors (Lipinski definition) is 5. The predicted octanol–water partition coefficient (Wildman–Crippen LogP) is 1.40. The third kappa shape index (κ3) is 3.87. The number of thiophene rings is 1. The lowest BCUT2D eigenvalue weighted by atomic mass is 10.2. The second kappa shape index (κ2) is 8.67. The Hall–Kier alpha value is -1.54. The molecule has 3 aromatic heterocycles. The number of nitrogens with one attached hydrogen (secondary N) is 1. The van der Waals surface area contributed by atoms with Crippen LogP contribution in [0, 0.1) is 0 Å². The highest BCUT2D eigenvalue weighted by atomic mass is 35.5. The highest BCUT2D eigenvalue weighted by Gasteiger charge is 2.50. The second-order valence-electron chi connectivity index (χ2n) is 8.10. The van der Waals surface area contributed by atoms with Crippen LogP contribution in [0.5, 0.6) is 0 Å². The molecule has 0 aromatic carbocycles. The van der Waals surface area contributed by atoms with E-state index in [1.165, 1.54) is 21.3 Å². The van der Waals surface area contributed by atoms with Gasteiger partial charge in [0.2, 0.25) is 0 Å². The number of aliphatic hydroxyl groups excluding tert-OH is 4. The first-order valence-corrected chi connectivity index (χ1v) is 12.6. The molecule has 0 amide bonds. The average molecular weight is 499 g/mol. The van der Waals surface area contributed by atoms with Crippen LogP contribution < -0.4 is 5.32 Å². The molecule has 0 radical (unpaired) electrons. The Bertz CT molecular complexity index is 1110. The standard InChI is InChI=1S/C19H23ClN6O4S2/c1-2-5-31-19-22-17(21-8-6-7(8)9-3-4-10(20)32-9)11-18(23-19)26(25-24-11)12-13(27)15(29)16(30)14(12)28/h3-4,7-8,12-16,27-30H,2,5-6H2,1H3,(H,21,22,23)/t7-,8-,13+,14+,15+,16+/m1/s1. The Morgan fingerprint density at radius 3 is 2.56 bits per heavy atom. The van der Waals surface area contributed by atoms with E-state index in [2.05, 4.69) is 32.5 Å². The van der Waals surface area contributed by atoms with Crippen molar-refractivity contribution in [2.45, 2.75) is 67.3 Å². The van der Waals surface area contributed by atoms with Crippen LogP contribution in [0.2, 0.25) is 4.34 Å². The quantitative estimate of drug-likeness (QED) is 0.239. The van der Waals surface area contributed by atoms with Gasteiger partial charge in [-0.25, -0.2) is 14.6 Å². The van der Waals surface area contributed by atoms with Crippen molar-refractivity contribution in [1.82, 2.24) is 25.0 Å². The van der Waals surface area contributed by atoms with Crippen molar-refractivity contribution in [3.05, 3.63) is 21.3 Å². The van der Waals surface area contributed by atoms with E-state index >= 15 is 0 Å². The molecule has 6 atom stereocenters. The monoisotopic (exact) mass is 498 g/mol. The van der Waals surface area contributed by atoms with E-state index in [-0.39, 0.29) is 6.04 Å². The smallest absolute Gasteiger partial charge is 0.191 e. The summed E-state index contributed by atoms with van der Waals surface area (Å²) in [4.78, 5) is 10.4. The van der Waals surface area contributed by atoms with Crippen LogP contribution in [0.1, 0.15) is 36.6 Å². The molecule has 172 valence electrons. The Balaban J connectivity index is 1.49. The molecule has 0 spiro atoms. The predicted molar refractivity (Wildman–Crippen MR) is 121 cm³/mol. The summed E-state index contributed by atoms with van der Waals surface area (Å²) < 4.78 is 2.03. The van der Waals surface area contributed by atoms with Gasteiger partial charge < -0.3 is 25.7 Å². The highest BCUT2D eigenvalue weighted by Crippen LogP contribution is 2.46. The molecule has 2 aliphatic carbocycles. The van der Waals surface area contributed by atoms with Gasteiger partial charge in [-0.1, -0.05) is 35.5 Å². The molecular formula is C19H23ClN6O4S2. The van der Waals surface area contributed by atoms with Crippen molar-refractivity contribution in [1.29, 1.82) is 0 Å². The lowest BCUT2D eigenvalue weighted by Gasteiger charge is -2.19. The Morgan fingerprint density at radius 2 is 1.91 bits per heavy atom. The van der Waals surface area contributed by atoms with Gasteiger partial charge in [-0.05, 0) is 25.0 Å². The molecule has 5 rings (SSSR count). The second-order valence-corrected chi connectivity index (χ2v) is 10.9. The van der Waals surface area contributed by atoms with Gasteiger partial charge >= 0.3 is 0 Å². The Labute approximate surface area is 196 Å². The number of aliphatic hydroxyl groups is 4. The van der Waals surface area contributed by atoms with Crippen LogP contribution in [-0.2, 0) is 0 Å². The summed E-state index contributed by atoms with van der Waals surface area (Å²) in [7, 11) is 0. The van der Waals surface area contributed by atoms with Crippen molar-refractivity contribution in [2.75, 3.05) is 11.1 Å². The SMILES string of the molecule is CCCSc1nc(N[C@@H]2C[C@H]2c2ccc(Cl)s2)c2nnn(C3[C@H](O)[C@H](O)[C@@H](O)[C@H]3O)c2n1. The number of anilines is 1. The van der Waals surface area contributed by atoms with Gasteiger partial charge in [-0.2, -0.15) is 0 Å². The first-order chi connectivity index (χ1) is 15.4. The zero-order chi connectivity index (χ0) is 22.6. The fraction of sp³-hybridized carbons (Fsp3) is 0.579. The maximum absolute atomic E-state index is 10.4. The fourth-order valence-electron chi connectivity index (χ4n) is 4.04. The topological polar surface area (TPSA) is 149 Å². The fourth-order valence-corrected chi connectivity index (χ4v) is 5.97. The minimum absolute atomic E-state index is 0.170. The van der Waals surface area contributed by atoms with Crippen molar-refractivity contribution in [3.8, 4) is 0 Å². The van der Waals surface area contributed by atoms with Crippen LogP contribution in [-0.4, -0.2) is 81.6 Å². The number of nitrogens with zero attached hydrogens (tertiary/aromatic N) is 5. The summed E-state index contributed by atoms with van der Waals surface area (Å²) in [5.41, 5.74) is 0.720. The van der Waals surface area contributed by atoms with Crippen molar-refractivity contribution >= 4 is 51.7 Å². The molecule has 0 unspecified atom stereocenters. The molecule has 0 bridgehead atoms. The van der Waals surface area contributed by atoms with Crippen LogP contribution >= 0.6 is 34.7 Å². The molecule has 32 heavy (non-hydrogen) atoms. The van der Waals surface area contributed by atoms with Crippen molar-refractivity contribution in [2.24, 2.45) is 0 Å². The number of thioether (sulfide) groups is 1. The van der Waals surface area contributed by atoms with Gasteiger partial charge in [0, 0.05) is 22.6 Å². The van der Waals surface area contributed by atoms with E-state index in [4.69, 9.17) is 11.6 Å². The molecule has 0 saturated heterocycles. The zero-order valence-corrected chi connectivity index (χ0v) is 19.4. The van der Waals surface area contributed by atoms with Gasteiger partial charge in [0.05, 0.1) is 4.34 Å². The van der Waals surface area contributed by atoms with E-state index in [9.17, 15) is 20.4 Å². The first kappa shape index (κ1) is 22.3. The third-order valence-electron chi connectivity index (χ3n) is 5.84. The van der Waals surface area contributed by atoms with Gasteiger partial charge in [0.15, 0.2) is 22.1 Å². The van der Waals surface area contributed by atoms with Crippen LogP contribution in [0.4, 0.5) is 5.82 Å². The Kier molecular flexibility index (Phi) is 6.03. The molecule has 10 nitrogen and oxygen atoms in total. The van der Waals surface area contributed by atoms with Crippen molar-refractivity contribution < 1.29 is 20.4 Å². The minimum Gasteiger partial charge on any atom is -0.388 e. The number of halogens is 1. The van der Waals surface area contributed by atoms with Gasteiger partial charge in [-0.3, -0.25) is 0 Å². The van der Waals surface area contributed by atoms with Crippen LogP contribution in [0.25, 0.3) is 11.2 Å². The number of aromatic nitrogens is 5. The highest BCUT2D eigenvalue weighted by molar-refractivity contribution is 7.99. The molecular weight excluding hydrogens is 476 g/mol. The third-order valence-corrected chi connectivity index (χ3v) is 8.26. The Morgan fingerprint density at radius 1 is 1.16 bits per heavy atom. The molecule has 13 heteroatoms. The largest absolute Gasteiger partial charge is 0.388 e. The molecule has 2 aliphatic rings. The van der Waals surface area contributed by atoms with Crippen molar-refractivity contribution in [3.63, 3.8) is 0 Å². The van der Waals surface area contributed by atoms with Gasteiger partial charge in [-0.15, -0.1) is 16.4 Å². The summed E-state index contributed by atoms with van der Waals surface area (Å²) in [5, 5.41) is 53.0. The maximum atomic E-state index is 10.4. The summed E-state index contributed by atoms with van der Waals surface area (Å²) in [6.07, 6.45) is -3.94. The average Bonchev–Trinajstić information content (AvgIpc) is 3.10. The molecule has 3 heterocycles. The van der Waals surface area contributed by atoms with E-state index in [1.54, 1.807) is 11.3 Å². The number of fused-ring (bicyclic) bond motifs is 1. The lowest BCUT2D eigenvalue weighted by Crippen LogP contribution is -2.32. The molecule has 2 fully saturated rings.